The van der Waals surface area contributed by atoms with Gasteiger partial charge in [-0.25, -0.2) is 15.0 Å². The number of furan rings is 1. The molecule has 0 aliphatic carbocycles. The molecule has 0 amide bonds. The van der Waals surface area contributed by atoms with Crippen LogP contribution in [0.1, 0.15) is 128 Å². The number of fused-ring (bicyclic) bond motifs is 6. The fourth-order valence-electron chi connectivity index (χ4n) is 5.77. The molecule has 6 aromatic heterocycles. The zero-order chi connectivity index (χ0) is 55.2. The molecule has 9 heteroatoms. The van der Waals surface area contributed by atoms with Crippen LogP contribution in [0.4, 0.5) is 0 Å². The van der Waals surface area contributed by atoms with Gasteiger partial charge >= 0.3 is 0 Å². The lowest BCUT2D eigenvalue weighted by atomic mass is 10.3. The van der Waals surface area contributed by atoms with Crippen molar-refractivity contribution in [2.75, 3.05) is 0 Å². The molecule has 8 nitrogen and oxygen atoms in total. The summed E-state index contributed by atoms with van der Waals surface area (Å²) in [5, 5.41) is 5.91. The summed E-state index contributed by atoms with van der Waals surface area (Å²) in [6, 6.07) is 53.9. The van der Waals surface area contributed by atoms with Crippen LogP contribution in [-0.4, -0.2) is 19.9 Å². The Kier molecular flexibility index (Phi) is 41.5. The molecule has 73 heavy (non-hydrogen) atoms. The van der Waals surface area contributed by atoms with Gasteiger partial charge in [-0.2, -0.15) is 0 Å². The number of aryl methyl sites for hydroxylation is 3. The summed E-state index contributed by atoms with van der Waals surface area (Å²) in [6.45, 7) is 37.5. The van der Waals surface area contributed by atoms with E-state index in [2.05, 4.69) is 73.8 Å². The third kappa shape index (κ3) is 25.1. The molecule has 394 valence electrons. The first-order valence-electron chi connectivity index (χ1n) is 26.3. The molecule has 0 aliphatic heterocycles. The molecule has 12 aromatic rings. The quantitative estimate of drug-likeness (QED) is 0.161. The Hall–Kier alpha value is -7.23. The van der Waals surface area contributed by atoms with E-state index in [9.17, 15) is 0 Å². The Bertz CT molecular complexity index is 2540. The van der Waals surface area contributed by atoms with E-state index in [0.717, 1.165) is 61.9 Å². The zero-order valence-corrected chi connectivity index (χ0v) is 48.5. The molecule has 6 aromatic carbocycles. The molecule has 0 unspecified atom stereocenters. The number of thiophene rings is 1. The highest BCUT2D eigenvalue weighted by Gasteiger charge is 1.99. The van der Waals surface area contributed by atoms with Crippen molar-refractivity contribution in [3.8, 4) is 0 Å². The van der Waals surface area contributed by atoms with Gasteiger partial charge in [0, 0.05) is 42.6 Å². The van der Waals surface area contributed by atoms with Crippen LogP contribution >= 0.6 is 11.3 Å². The van der Waals surface area contributed by atoms with E-state index in [4.69, 9.17) is 17.7 Å². The van der Waals surface area contributed by atoms with Crippen molar-refractivity contribution in [1.82, 2.24) is 19.9 Å². The Morgan fingerprint density at radius 2 is 0.699 bits per heavy atom. The van der Waals surface area contributed by atoms with Crippen molar-refractivity contribution in [2.45, 2.75) is 132 Å². The lowest BCUT2D eigenvalue weighted by molar-refractivity contribution is 0.560. The number of oxazole rings is 3. The van der Waals surface area contributed by atoms with Gasteiger partial charge in [-0.15, -0.1) is 11.3 Å². The molecule has 0 bridgehead atoms. The fraction of sp³-hybridized carbons (Fsp3) is 0.297. The van der Waals surface area contributed by atoms with Crippen molar-refractivity contribution >= 4 is 76.6 Å². The van der Waals surface area contributed by atoms with Crippen LogP contribution in [0.15, 0.2) is 199 Å². The topological polar surface area (TPSA) is 107 Å². The summed E-state index contributed by atoms with van der Waals surface area (Å²) in [5.41, 5.74) is 7.54. The highest BCUT2D eigenvalue weighted by Crippen LogP contribution is 2.19. The summed E-state index contributed by atoms with van der Waals surface area (Å²) >= 11 is 1.79. The molecule has 0 saturated carbocycles. The molecular weight excluding hydrogens is 921 g/mol. The van der Waals surface area contributed by atoms with Crippen LogP contribution in [0.3, 0.4) is 0 Å². The van der Waals surface area contributed by atoms with Crippen LogP contribution in [0.25, 0.3) is 65.3 Å². The first-order valence-corrected chi connectivity index (χ1v) is 27.2. The molecule has 0 saturated heterocycles. The Morgan fingerprint density at radius 3 is 1.10 bits per heavy atom. The maximum Gasteiger partial charge on any atom is 0.192 e. The van der Waals surface area contributed by atoms with Crippen LogP contribution in [0.2, 0.25) is 0 Å². The van der Waals surface area contributed by atoms with E-state index >= 15 is 0 Å². The van der Waals surface area contributed by atoms with Gasteiger partial charge in [-0.3, -0.25) is 0 Å². The molecule has 1 N–H and O–H groups in total. The summed E-state index contributed by atoms with van der Waals surface area (Å²) in [7, 11) is 0. The van der Waals surface area contributed by atoms with Crippen LogP contribution < -0.4 is 0 Å². The second kappa shape index (κ2) is 44.7. The summed E-state index contributed by atoms with van der Waals surface area (Å²) < 4.78 is 22.3. The maximum atomic E-state index is 5.26. The van der Waals surface area contributed by atoms with E-state index in [1.165, 1.54) is 21.0 Å². The number of aromatic amines is 1. The molecule has 6 heterocycles. The molecular formula is C64H88N4O4S. The highest BCUT2D eigenvalue weighted by atomic mass is 32.1. The number of nitrogens with one attached hydrogen (secondary N) is 1. The third-order valence-electron chi connectivity index (χ3n) is 8.39. The van der Waals surface area contributed by atoms with Gasteiger partial charge < -0.3 is 22.7 Å². The zero-order valence-electron chi connectivity index (χ0n) is 47.7. The van der Waals surface area contributed by atoms with Crippen LogP contribution in [0, 0.1) is 20.8 Å². The number of nitrogens with zero attached hydrogens (tertiary/aromatic N) is 3. The van der Waals surface area contributed by atoms with Gasteiger partial charge in [0.2, 0.25) is 0 Å². The van der Waals surface area contributed by atoms with Gasteiger partial charge in [0.15, 0.2) is 34.4 Å². The van der Waals surface area contributed by atoms with Gasteiger partial charge in [0.25, 0.3) is 0 Å². The van der Waals surface area contributed by atoms with Crippen LogP contribution in [0.5, 0.6) is 0 Å². The van der Waals surface area contributed by atoms with Gasteiger partial charge in [0.05, 0.1) is 6.26 Å². The van der Waals surface area contributed by atoms with Crippen LogP contribution in [-0.2, 0) is 0 Å². The molecule has 0 fully saturated rings. The SMILES string of the molecule is CC.CC.CC.CC.CC.CC.CC.CC.Cc1nc2ccccc2o1.Cc1nc2ccccc2o1.Cc1nc2ccccc2o1.c1ccc2[nH]ccc2c1.c1ccc2occc2c1.c1ccc2sccc2c1. The smallest absolute Gasteiger partial charge is 0.192 e. The summed E-state index contributed by atoms with van der Waals surface area (Å²) in [4.78, 5) is 15.6. The molecule has 0 radical (unpaired) electrons. The van der Waals surface area contributed by atoms with Gasteiger partial charge in [-0.05, 0) is 88.9 Å². The van der Waals surface area contributed by atoms with Gasteiger partial charge in [0.1, 0.15) is 22.1 Å². The van der Waals surface area contributed by atoms with E-state index in [1.807, 2.05) is 253 Å². The number of rotatable bonds is 0. The minimum atomic E-state index is 0.723. The first-order chi connectivity index (χ1) is 36.0. The Morgan fingerprint density at radius 1 is 0.342 bits per heavy atom. The van der Waals surface area contributed by atoms with E-state index in [0.29, 0.717) is 0 Å². The average Bonchev–Trinajstić information content (AvgIpc) is 4.36. The number of hydrogen-bond donors (Lipinski definition) is 1. The summed E-state index contributed by atoms with van der Waals surface area (Å²) in [6.07, 6.45) is 3.65. The minimum Gasteiger partial charge on any atom is -0.464 e. The second-order valence-electron chi connectivity index (χ2n) is 12.6. The number of hydrogen-bond acceptors (Lipinski definition) is 8. The standard InChI is InChI=1S/3C8H7NO.C8H7N.C8H6O.C8H6S.8C2H6/c3*1-6-9-7-4-2-3-5-8(7)10-6;3*1-2-4-8-7(3-1)5-6-9-8;8*1-2/h3*2-5H,1H3;1-6,9H;2*1-6H;8*1-2H3. The second-order valence-corrected chi connectivity index (χ2v) is 13.5. The highest BCUT2D eigenvalue weighted by molar-refractivity contribution is 7.17. The fourth-order valence-corrected chi connectivity index (χ4v) is 6.56. The lowest BCUT2D eigenvalue weighted by Crippen LogP contribution is -1.65. The number of aromatic nitrogens is 4. The van der Waals surface area contributed by atoms with E-state index in [-0.39, 0.29) is 0 Å². The predicted molar refractivity (Wildman–Crippen MR) is 323 cm³/mol. The third-order valence-corrected chi connectivity index (χ3v) is 9.29. The van der Waals surface area contributed by atoms with E-state index in [1.54, 1.807) is 17.6 Å². The largest absolute Gasteiger partial charge is 0.464 e. The molecule has 0 spiro atoms. The molecule has 0 aliphatic rings. The monoisotopic (exact) mass is 1010 g/mol. The number of H-pyrrole nitrogens is 1. The number of para-hydroxylation sites is 8. The van der Waals surface area contributed by atoms with Crippen molar-refractivity contribution in [2.24, 2.45) is 0 Å². The number of benzene rings is 6. The normalized spacial score (nSPS) is 8.75. The molecule has 0 atom stereocenters. The Balaban J connectivity index is 0. The van der Waals surface area contributed by atoms with Crippen molar-refractivity contribution in [3.05, 3.63) is 199 Å². The molecule has 12 rings (SSSR count). The van der Waals surface area contributed by atoms with Crippen molar-refractivity contribution < 1.29 is 17.7 Å². The predicted octanol–water partition coefficient (Wildman–Crippen LogP) is 22.1. The average molecular weight is 1010 g/mol. The minimum absolute atomic E-state index is 0.723. The van der Waals surface area contributed by atoms with Gasteiger partial charge in [-0.1, -0.05) is 202 Å². The van der Waals surface area contributed by atoms with Crippen molar-refractivity contribution in [1.29, 1.82) is 0 Å². The van der Waals surface area contributed by atoms with E-state index < -0.39 is 0 Å². The lowest BCUT2D eigenvalue weighted by Gasteiger charge is -1.83. The Labute approximate surface area is 443 Å². The maximum absolute atomic E-state index is 5.26. The summed E-state index contributed by atoms with van der Waals surface area (Å²) in [5.74, 6) is 2.17. The first kappa shape index (κ1) is 67.8. The van der Waals surface area contributed by atoms with Crippen molar-refractivity contribution in [3.63, 3.8) is 0 Å².